The molecule has 2 aromatic rings. The normalized spacial score (nSPS) is 18.1. The van der Waals surface area contributed by atoms with Gasteiger partial charge in [0.1, 0.15) is 5.82 Å². The average molecular weight is 332 g/mol. The van der Waals surface area contributed by atoms with Gasteiger partial charge < -0.3 is 4.90 Å². The zero-order chi connectivity index (χ0) is 17.3. The predicted molar refractivity (Wildman–Crippen MR) is 89.1 cm³/mol. The molecule has 8 nitrogen and oxygen atoms in total. The van der Waals surface area contributed by atoms with E-state index < -0.39 is 0 Å². The van der Waals surface area contributed by atoms with Crippen LogP contribution < -0.4 is 5.69 Å². The lowest BCUT2D eigenvalue weighted by Crippen LogP contribution is -2.40. The number of carbonyl (C=O) groups excluding carboxylic acids is 1. The summed E-state index contributed by atoms with van der Waals surface area (Å²) in [6, 6.07) is 0. The fraction of sp³-hybridized carbons (Fsp3) is 0.625. The van der Waals surface area contributed by atoms with Crippen LogP contribution in [0.2, 0.25) is 0 Å². The Labute approximate surface area is 140 Å². The van der Waals surface area contributed by atoms with Crippen molar-refractivity contribution in [2.75, 3.05) is 13.1 Å². The number of hydrogen-bond donors (Lipinski definition) is 2. The van der Waals surface area contributed by atoms with Gasteiger partial charge >= 0.3 is 5.69 Å². The van der Waals surface area contributed by atoms with Crippen LogP contribution in [-0.2, 0) is 13.0 Å². The third-order valence-electron chi connectivity index (χ3n) is 4.84. The molecule has 8 heteroatoms. The van der Waals surface area contributed by atoms with Crippen molar-refractivity contribution in [2.45, 2.75) is 52.5 Å². The minimum Gasteiger partial charge on any atom is -0.337 e. The van der Waals surface area contributed by atoms with Crippen molar-refractivity contribution in [1.29, 1.82) is 0 Å². The predicted octanol–water partition coefficient (Wildman–Crippen LogP) is 1.21. The number of aromatic amines is 2. The largest absolute Gasteiger partial charge is 0.343 e. The van der Waals surface area contributed by atoms with E-state index in [9.17, 15) is 9.59 Å². The van der Waals surface area contributed by atoms with E-state index in [0.717, 1.165) is 36.3 Å². The Kier molecular flexibility index (Phi) is 4.55. The number of hydrogen-bond acceptors (Lipinski definition) is 4. The molecule has 0 aliphatic carbocycles. The molecule has 1 atom stereocenters. The smallest absolute Gasteiger partial charge is 0.337 e. The number of amides is 1. The van der Waals surface area contributed by atoms with Crippen LogP contribution in [0.4, 0.5) is 0 Å². The summed E-state index contributed by atoms with van der Waals surface area (Å²) in [5, 5.41) is 13.8. The van der Waals surface area contributed by atoms with Gasteiger partial charge in [0, 0.05) is 36.8 Å². The lowest BCUT2D eigenvalue weighted by atomic mass is 9.96. The van der Waals surface area contributed by atoms with Crippen molar-refractivity contribution < 1.29 is 4.79 Å². The molecule has 2 aromatic heterocycles. The van der Waals surface area contributed by atoms with E-state index >= 15 is 0 Å². The second kappa shape index (κ2) is 6.62. The topological polar surface area (TPSA) is 99.7 Å². The number of nitrogens with zero attached hydrogens (tertiary/aromatic N) is 4. The van der Waals surface area contributed by atoms with Gasteiger partial charge in [0.15, 0.2) is 5.69 Å². The van der Waals surface area contributed by atoms with Gasteiger partial charge in [0.2, 0.25) is 0 Å². The highest BCUT2D eigenvalue weighted by atomic mass is 16.2. The van der Waals surface area contributed by atoms with Crippen molar-refractivity contribution in [3.8, 4) is 0 Å². The highest BCUT2D eigenvalue weighted by Crippen LogP contribution is 2.26. The zero-order valence-corrected chi connectivity index (χ0v) is 14.4. The Morgan fingerprint density at radius 2 is 2.08 bits per heavy atom. The maximum Gasteiger partial charge on any atom is 0.343 e. The number of likely N-dealkylation sites (tertiary alicyclic amines) is 1. The van der Waals surface area contributed by atoms with E-state index in [2.05, 4.69) is 20.4 Å². The second-order valence-corrected chi connectivity index (χ2v) is 6.25. The third-order valence-corrected chi connectivity index (χ3v) is 4.84. The van der Waals surface area contributed by atoms with Gasteiger partial charge in [0.05, 0.1) is 0 Å². The van der Waals surface area contributed by atoms with E-state index in [0.29, 0.717) is 25.3 Å². The fourth-order valence-electron chi connectivity index (χ4n) is 3.46. The standard InChI is InChI=1S/C16H24N6O2/c1-4-12-10(3)13(18-17-12)15(23)21-8-6-7-11(9-21)14-19-20-16(24)22(14)5-2/h11H,4-9H2,1-3H3,(H,17,18)(H,20,24)/t11-/m1/s1. The van der Waals surface area contributed by atoms with Crippen molar-refractivity contribution >= 4 is 5.91 Å². The molecule has 3 rings (SSSR count). The summed E-state index contributed by atoms with van der Waals surface area (Å²) in [5.74, 6) is 0.772. The zero-order valence-electron chi connectivity index (χ0n) is 14.4. The van der Waals surface area contributed by atoms with Crippen molar-refractivity contribution in [3.05, 3.63) is 33.3 Å². The number of rotatable bonds is 4. The molecule has 1 aliphatic heterocycles. The van der Waals surface area contributed by atoms with E-state index in [1.165, 1.54) is 0 Å². The molecule has 24 heavy (non-hydrogen) atoms. The average Bonchev–Trinajstić information content (AvgIpc) is 3.16. The van der Waals surface area contributed by atoms with Gasteiger partial charge in [-0.25, -0.2) is 9.89 Å². The molecule has 0 aromatic carbocycles. The van der Waals surface area contributed by atoms with Crippen LogP contribution in [-0.4, -0.2) is 48.9 Å². The molecule has 0 radical (unpaired) electrons. The van der Waals surface area contributed by atoms with Crippen LogP contribution in [0.1, 0.15) is 60.2 Å². The Hall–Kier alpha value is -2.38. The molecule has 1 amide bonds. The van der Waals surface area contributed by atoms with Crippen LogP contribution in [0.3, 0.4) is 0 Å². The first-order valence-corrected chi connectivity index (χ1v) is 8.55. The van der Waals surface area contributed by atoms with Crippen molar-refractivity contribution in [2.24, 2.45) is 0 Å². The molecular formula is C16H24N6O2. The number of H-pyrrole nitrogens is 2. The first-order valence-electron chi connectivity index (χ1n) is 8.55. The molecule has 1 aliphatic rings. The Bertz CT molecular complexity index is 787. The van der Waals surface area contributed by atoms with Crippen LogP contribution in [0.5, 0.6) is 0 Å². The molecule has 0 saturated carbocycles. The fourth-order valence-corrected chi connectivity index (χ4v) is 3.46. The maximum atomic E-state index is 12.8. The number of nitrogens with one attached hydrogen (secondary N) is 2. The second-order valence-electron chi connectivity index (χ2n) is 6.25. The molecule has 1 saturated heterocycles. The summed E-state index contributed by atoms with van der Waals surface area (Å²) in [5.41, 5.74) is 2.24. The highest BCUT2D eigenvalue weighted by molar-refractivity contribution is 5.94. The van der Waals surface area contributed by atoms with Gasteiger partial charge in [-0.1, -0.05) is 6.92 Å². The quantitative estimate of drug-likeness (QED) is 0.879. The first kappa shape index (κ1) is 16.5. The number of piperidine rings is 1. The Morgan fingerprint density at radius 1 is 1.29 bits per heavy atom. The SMILES string of the molecule is CCc1[nH]nc(C(=O)N2CCC[C@@H](c3n[nH]c(=O)n3CC)C2)c1C. The van der Waals surface area contributed by atoms with Gasteiger partial charge in [-0.15, -0.1) is 0 Å². The van der Waals surface area contributed by atoms with Crippen LogP contribution in [0, 0.1) is 6.92 Å². The molecule has 3 heterocycles. The summed E-state index contributed by atoms with van der Waals surface area (Å²) in [4.78, 5) is 26.4. The Morgan fingerprint density at radius 3 is 2.75 bits per heavy atom. The van der Waals surface area contributed by atoms with Gasteiger partial charge in [0.25, 0.3) is 5.91 Å². The summed E-state index contributed by atoms with van der Waals surface area (Å²) in [7, 11) is 0. The first-order chi connectivity index (χ1) is 11.6. The summed E-state index contributed by atoms with van der Waals surface area (Å²) < 4.78 is 1.65. The monoisotopic (exact) mass is 332 g/mol. The van der Waals surface area contributed by atoms with Gasteiger partial charge in [-0.05, 0) is 33.1 Å². The van der Waals surface area contributed by atoms with E-state index in [1.807, 2.05) is 25.7 Å². The van der Waals surface area contributed by atoms with Crippen LogP contribution in [0.25, 0.3) is 0 Å². The molecule has 0 unspecified atom stereocenters. The Balaban J connectivity index is 1.81. The van der Waals surface area contributed by atoms with Crippen LogP contribution in [0.15, 0.2) is 4.79 Å². The lowest BCUT2D eigenvalue weighted by Gasteiger charge is -2.32. The van der Waals surface area contributed by atoms with E-state index in [-0.39, 0.29) is 17.5 Å². The van der Waals surface area contributed by atoms with Crippen molar-refractivity contribution in [1.82, 2.24) is 29.9 Å². The third kappa shape index (κ3) is 2.76. The molecule has 1 fully saturated rings. The summed E-state index contributed by atoms with van der Waals surface area (Å²) in [6.45, 7) is 7.74. The number of aromatic nitrogens is 5. The minimum atomic E-state index is -0.188. The van der Waals surface area contributed by atoms with Gasteiger partial charge in [-0.3, -0.25) is 14.5 Å². The maximum absolute atomic E-state index is 12.8. The summed E-state index contributed by atoms with van der Waals surface area (Å²) in [6.07, 6.45) is 2.64. The highest BCUT2D eigenvalue weighted by Gasteiger charge is 2.30. The molecular weight excluding hydrogens is 308 g/mol. The van der Waals surface area contributed by atoms with E-state index in [1.54, 1.807) is 4.57 Å². The van der Waals surface area contributed by atoms with Crippen molar-refractivity contribution in [3.63, 3.8) is 0 Å². The summed E-state index contributed by atoms with van der Waals surface area (Å²) >= 11 is 0. The molecule has 130 valence electrons. The minimum absolute atomic E-state index is 0.0471. The van der Waals surface area contributed by atoms with Crippen LogP contribution >= 0.6 is 0 Å². The van der Waals surface area contributed by atoms with E-state index in [4.69, 9.17) is 0 Å². The molecule has 0 bridgehead atoms. The molecule has 0 spiro atoms. The number of aryl methyl sites for hydroxylation is 1. The molecule has 2 N–H and O–H groups in total. The van der Waals surface area contributed by atoms with Gasteiger partial charge in [-0.2, -0.15) is 10.2 Å². The number of carbonyl (C=O) groups is 1. The lowest BCUT2D eigenvalue weighted by molar-refractivity contribution is 0.0696.